The number of hydrogen-bond donors (Lipinski definition) is 3. The first-order valence-corrected chi connectivity index (χ1v) is 4.94. The Bertz CT molecular complexity index is 240. The molecule has 0 saturated heterocycles. The Morgan fingerprint density at radius 1 is 1.53 bits per heavy atom. The van der Waals surface area contributed by atoms with Crippen molar-refractivity contribution < 1.29 is 9.90 Å². The van der Waals surface area contributed by atoms with Crippen molar-refractivity contribution in [2.45, 2.75) is 38.8 Å². The Morgan fingerprint density at radius 2 is 2.13 bits per heavy atom. The summed E-state index contributed by atoms with van der Waals surface area (Å²) in [6.45, 7) is 5.74. The molecule has 15 heavy (non-hydrogen) atoms. The van der Waals surface area contributed by atoms with Gasteiger partial charge in [0.15, 0.2) is 0 Å². The molecule has 0 aromatic heterocycles. The molecule has 5 heteroatoms. The van der Waals surface area contributed by atoms with E-state index < -0.39 is 6.04 Å². The maximum Gasteiger partial charge on any atom is 0.239 e. The minimum atomic E-state index is -0.641. The van der Waals surface area contributed by atoms with E-state index in [-0.39, 0.29) is 18.1 Å². The fourth-order valence-corrected chi connectivity index (χ4v) is 0.999. The van der Waals surface area contributed by atoms with Crippen molar-refractivity contribution in [2.24, 2.45) is 0 Å². The predicted molar refractivity (Wildman–Crippen MR) is 57.0 cm³/mol. The lowest BCUT2D eigenvalue weighted by atomic mass is 10.1. The normalized spacial score (nSPS) is 13.0. The third-order valence-electron chi connectivity index (χ3n) is 1.62. The molecule has 0 aromatic carbocycles. The molecule has 0 fully saturated rings. The summed E-state index contributed by atoms with van der Waals surface area (Å²) < 4.78 is 0. The highest BCUT2D eigenvalue weighted by atomic mass is 16.3. The molecule has 0 bridgehead atoms. The van der Waals surface area contributed by atoms with Gasteiger partial charge in [-0.2, -0.15) is 5.26 Å². The Labute approximate surface area is 90.5 Å². The molecule has 5 nitrogen and oxygen atoms in total. The number of carbonyl (C=O) groups is 1. The fraction of sp³-hybridized carbons (Fsp3) is 0.800. The number of hydrogen-bond acceptors (Lipinski definition) is 4. The minimum absolute atomic E-state index is 0.247. The first-order chi connectivity index (χ1) is 6.90. The SMILES string of the molecule is CC(C)(C)NC(=O)[C@H](CO)NCCC#N. The summed E-state index contributed by atoms with van der Waals surface area (Å²) in [5.41, 5.74) is -0.318. The van der Waals surface area contributed by atoms with Crippen LogP contribution in [0.5, 0.6) is 0 Å². The van der Waals surface area contributed by atoms with Gasteiger partial charge in [-0.05, 0) is 20.8 Å². The van der Waals surface area contributed by atoms with E-state index in [1.807, 2.05) is 26.8 Å². The van der Waals surface area contributed by atoms with Gasteiger partial charge in [-0.1, -0.05) is 0 Å². The molecule has 0 rings (SSSR count). The van der Waals surface area contributed by atoms with Crippen LogP contribution in [0.3, 0.4) is 0 Å². The topological polar surface area (TPSA) is 85.2 Å². The van der Waals surface area contributed by atoms with Crippen molar-refractivity contribution in [3.63, 3.8) is 0 Å². The zero-order valence-electron chi connectivity index (χ0n) is 9.50. The second kappa shape index (κ2) is 6.38. The standard InChI is InChI=1S/C10H19N3O2/c1-10(2,3)13-9(15)8(7-14)12-6-4-5-11/h8,12,14H,4,6-7H2,1-3H3,(H,13,15)/t8-/m0/s1. The van der Waals surface area contributed by atoms with Gasteiger partial charge in [-0.3, -0.25) is 4.79 Å². The molecule has 0 radical (unpaired) electrons. The molecule has 0 saturated carbocycles. The number of amides is 1. The lowest BCUT2D eigenvalue weighted by Gasteiger charge is -2.24. The van der Waals surface area contributed by atoms with E-state index in [2.05, 4.69) is 10.6 Å². The van der Waals surface area contributed by atoms with E-state index in [0.717, 1.165) is 0 Å². The average Bonchev–Trinajstić information content (AvgIpc) is 2.09. The van der Waals surface area contributed by atoms with Crippen LogP contribution in [0.4, 0.5) is 0 Å². The van der Waals surface area contributed by atoms with E-state index in [1.54, 1.807) is 0 Å². The van der Waals surface area contributed by atoms with Crippen LogP contribution in [-0.2, 0) is 4.79 Å². The molecule has 0 heterocycles. The molecule has 0 aliphatic carbocycles. The van der Waals surface area contributed by atoms with Gasteiger partial charge in [0.25, 0.3) is 0 Å². The Balaban J connectivity index is 4.06. The molecular formula is C10H19N3O2. The van der Waals surface area contributed by atoms with Crippen molar-refractivity contribution in [1.82, 2.24) is 10.6 Å². The molecule has 0 aromatic rings. The molecule has 0 aliphatic rings. The first kappa shape index (κ1) is 13.9. The third-order valence-corrected chi connectivity index (χ3v) is 1.62. The van der Waals surface area contributed by atoms with Crippen LogP contribution < -0.4 is 10.6 Å². The van der Waals surface area contributed by atoms with Crippen molar-refractivity contribution >= 4 is 5.91 Å². The van der Waals surface area contributed by atoms with Crippen LogP contribution in [0.25, 0.3) is 0 Å². The number of aliphatic hydroxyl groups excluding tert-OH is 1. The number of carbonyl (C=O) groups excluding carboxylic acids is 1. The summed E-state index contributed by atoms with van der Waals surface area (Å²) in [5.74, 6) is -0.247. The summed E-state index contributed by atoms with van der Waals surface area (Å²) >= 11 is 0. The zero-order valence-corrected chi connectivity index (χ0v) is 9.50. The van der Waals surface area contributed by atoms with Crippen LogP contribution in [0, 0.1) is 11.3 Å². The molecule has 0 unspecified atom stereocenters. The van der Waals surface area contributed by atoms with Gasteiger partial charge in [-0.15, -0.1) is 0 Å². The lowest BCUT2D eigenvalue weighted by molar-refractivity contribution is -0.125. The van der Waals surface area contributed by atoms with Crippen molar-refractivity contribution in [2.75, 3.05) is 13.2 Å². The number of nitriles is 1. The zero-order chi connectivity index (χ0) is 11.9. The highest BCUT2D eigenvalue weighted by Gasteiger charge is 2.21. The van der Waals surface area contributed by atoms with Gasteiger partial charge in [0.2, 0.25) is 5.91 Å². The predicted octanol–water partition coefficient (Wildman–Crippen LogP) is -0.235. The largest absolute Gasteiger partial charge is 0.394 e. The van der Waals surface area contributed by atoms with Crippen molar-refractivity contribution in [3.8, 4) is 6.07 Å². The summed E-state index contributed by atoms with van der Waals surface area (Å²) in [7, 11) is 0. The van der Waals surface area contributed by atoms with Gasteiger partial charge in [-0.25, -0.2) is 0 Å². The smallest absolute Gasteiger partial charge is 0.239 e. The number of rotatable bonds is 5. The summed E-state index contributed by atoms with van der Waals surface area (Å²) in [6, 6.07) is 1.32. The summed E-state index contributed by atoms with van der Waals surface area (Å²) in [4.78, 5) is 11.6. The Hall–Kier alpha value is -1.12. The van der Waals surface area contributed by atoms with Gasteiger partial charge >= 0.3 is 0 Å². The van der Waals surface area contributed by atoms with Gasteiger partial charge < -0.3 is 15.7 Å². The fourth-order valence-electron chi connectivity index (χ4n) is 0.999. The molecular weight excluding hydrogens is 194 g/mol. The Morgan fingerprint density at radius 3 is 2.53 bits per heavy atom. The molecule has 1 atom stereocenters. The number of nitrogens with one attached hydrogen (secondary N) is 2. The number of aliphatic hydroxyl groups is 1. The highest BCUT2D eigenvalue weighted by molar-refractivity contribution is 5.82. The van der Waals surface area contributed by atoms with Crippen LogP contribution in [-0.4, -0.2) is 35.7 Å². The van der Waals surface area contributed by atoms with E-state index in [4.69, 9.17) is 10.4 Å². The monoisotopic (exact) mass is 213 g/mol. The van der Waals surface area contributed by atoms with Gasteiger partial charge in [0, 0.05) is 18.5 Å². The molecule has 86 valence electrons. The number of nitrogens with zero attached hydrogens (tertiary/aromatic N) is 1. The molecule has 0 spiro atoms. The summed E-state index contributed by atoms with van der Waals surface area (Å²) in [5, 5.41) is 22.9. The van der Waals surface area contributed by atoms with Gasteiger partial charge in [0.1, 0.15) is 6.04 Å². The van der Waals surface area contributed by atoms with Crippen LogP contribution in [0.15, 0.2) is 0 Å². The first-order valence-electron chi connectivity index (χ1n) is 4.94. The average molecular weight is 213 g/mol. The third kappa shape index (κ3) is 6.89. The molecule has 1 amide bonds. The van der Waals surface area contributed by atoms with Crippen LogP contribution in [0.1, 0.15) is 27.2 Å². The second-order valence-corrected chi connectivity index (χ2v) is 4.34. The molecule has 0 aliphatic heterocycles. The maximum absolute atomic E-state index is 11.6. The maximum atomic E-state index is 11.6. The second-order valence-electron chi connectivity index (χ2n) is 4.34. The van der Waals surface area contributed by atoms with Crippen molar-refractivity contribution in [3.05, 3.63) is 0 Å². The van der Waals surface area contributed by atoms with E-state index in [0.29, 0.717) is 13.0 Å². The van der Waals surface area contributed by atoms with Crippen molar-refractivity contribution in [1.29, 1.82) is 5.26 Å². The minimum Gasteiger partial charge on any atom is -0.394 e. The Kier molecular flexibility index (Phi) is 5.90. The van der Waals surface area contributed by atoms with Gasteiger partial charge in [0.05, 0.1) is 12.7 Å². The molecule has 3 N–H and O–H groups in total. The van der Waals surface area contributed by atoms with Crippen LogP contribution in [0.2, 0.25) is 0 Å². The van der Waals surface area contributed by atoms with Crippen LogP contribution >= 0.6 is 0 Å². The summed E-state index contributed by atoms with van der Waals surface area (Å²) in [6.07, 6.45) is 0.319. The quantitative estimate of drug-likeness (QED) is 0.550. The highest BCUT2D eigenvalue weighted by Crippen LogP contribution is 1.99. The van der Waals surface area contributed by atoms with E-state index >= 15 is 0 Å². The van der Waals surface area contributed by atoms with E-state index in [9.17, 15) is 4.79 Å². The van der Waals surface area contributed by atoms with E-state index in [1.165, 1.54) is 0 Å². The lowest BCUT2D eigenvalue weighted by Crippen LogP contribution is -2.52.